The predicted molar refractivity (Wildman–Crippen MR) is 61.2 cm³/mol. The van der Waals surface area contributed by atoms with Gasteiger partial charge < -0.3 is 4.90 Å². The van der Waals surface area contributed by atoms with Gasteiger partial charge in [-0.05, 0) is 33.3 Å². The summed E-state index contributed by atoms with van der Waals surface area (Å²) in [6.07, 6.45) is 0.711. The highest BCUT2D eigenvalue weighted by molar-refractivity contribution is 9.10. The number of carbonyl (C=O) groups excluding carboxylic acids is 1. The lowest BCUT2D eigenvalue weighted by atomic mass is 10.2. The Labute approximate surface area is 96.0 Å². The molecule has 1 atom stereocenters. The van der Waals surface area contributed by atoms with E-state index in [2.05, 4.69) is 22.9 Å². The first-order chi connectivity index (χ1) is 6.66. The molecule has 1 aromatic heterocycles. The minimum Gasteiger partial charge on any atom is -0.337 e. The van der Waals surface area contributed by atoms with Crippen LogP contribution in [0, 0.1) is 5.92 Å². The number of amides is 1. The van der Waals surface area contributed by atoms with Crippen LogP contribution in [-0.4, -0.2) is 17.4 Å². The number of hydrogen-bond donors (Lipinski definition) is 0. The van der Waals surface area contributed by atoms with Gasteiger partial charge in [-0.3, -0.25) is 4.79 Å². The molecule has 0 radical (unpaired) electrons. The van der Waals surface area contributed by atoms with Crippen LogP contribution in [0.15, 0.2) is 15.9 Å². The third-order valence-corrected chi connectivity index (χ3v) is 4.34. The van der Waals surface area contributed by atoms with Crippen molar-refractivity contribution >= 4 is 33.2 Å². The van der Waals surface area contributed by atoms with Gasteiger partial charge >= 0.3 is 0 Å². The number of hydrogen-bond acceptors (Lipinski definition) is 2. The van der Waals surface area contributed by atoms with Gasteiger partial charge in [0.05, 0.1) is 6.54 Å². The molecule has 4 heteroatoms. The first kappa shape index (κ1) is 10.2. The Balaban J connectivity index is 2.05. The van der Waals surface area contributed by atoms with Gasteiger partial charge in [-0.1, -0.05) is 6.92 Å². The second-order valence-corrected chi connectivity index (χ2v) is 5.63. The summed E-state index contributed by atoms with van der Waals surface area (Å²) in [5.74, 6) is 0.805. The maximum Gasteiger partial charge on any atom is 0.223 e. The molecule has 1 aromatic rings. The zero-order chi connectivity index (χ0) is 10.1. The van der Waals surface area contributed by atoms with E-state index >= 15 is 0 Å². The number of rotatable bonds is 2. The fourth-order valence-electron chi connectivity index (χ4n) is 1.73. The third-order valence-electron chi connectivity index (χ3n) is 2.43. The highest BCUT2D eigenvalue weighted by Crippen LogP contribution is 2.27. The van der Waals surface area contributed by atoms with Crippen molar-refractivity contribution in [3.63, 3.8) is 0 Å². The van der Waals surface area contributed by atoms with E-state index in [9.17, 15) is 4.79 Å². The molecule has 2 rings (SSSR count). The number of likely N-dealkylation sites (tertiary alicyclic amines) is 1. The van der Waals surface area contributed by atoms with E-state index in [4.69, 9.17) is 0 Å². The third kappa shape index (κ3) is 2.01. The van der Waals surface area contributed by atoms with Crippen LogP contribution >= 0.6 is 27.3 Å². The molecule has 1 aliphatic rings. The van der Waals surface area contributed by atoms with E-state index in [0.717, 1.165) is 17.6 Å². The maximum absolute atomic E-state index is 11.5. The molecule has 0 bridgehead atoms. The minimum atomic E-state index is 0.290. The Morgan fingerprint density at radius 3 is 3.00 bits per heavy atom. The highest BCUT2D eigenvalue weighted by atomic mass is 79.9. The fourth-order valence-corrected chi connectivity index (χ4v) is 3.23. The topological polar surface area (TPSA) is 20.3 Å². The van der Waals surface area contributed by atoms with Gasteiger partial charge in [-0.15, -0.1) is 11.3 Å². The Morgan fingerprint density at radius 2 is 2.50 bits per heavy atom. The molecule has 1 amide bonds. The van der Waals surface area contributed by atoms with E-state index in [1.54, 1.807) is 11.3 Å². The van der Waals surface area contributed by atoms with Crippen molar-refractivity contribution in [2.75, 3.05) is 6.54 Å². The van der Waals surface area contributed by atoms with Crippen LogP contribution in [0.3, 0.4) is 0 Å². The molecule has 1 fully saturated rings. The van der Waals surface area contributed by atoms with Crippen LogP contribution in [0.2, 0.25) is 0 Å². The smallest absolute Gasteiger partial charge is 0.223 e. The van der Waals surface area contributed by atoms with E-state index in [-0.39, 0.29) is 5.91 Å². The summed E-state index contributed by atoms with van der Waals surface area (Å²) in [6, 6.07) is 2.03. The lowest BCUT2D eigenvalue weighted by Crippen LogP contribution is -2.23. The van der Waals surface area contributed by atoms with Crippen LogP contribution in [-0.2, 0) is 11.3 Å². The molecule has 0 saturated carbocycles. The molecule has 2 nitrogen and oxygen atoms in total. The zero-order valence-corrected chi connectivity index (χ0v) is 10.4. The number of halogens is 1. The average molecular weight is 274 g/mol. The van der Waals surface area contributed by atoms with Crippen molar-refractivity contribution in [3.05, 3.63) is 20.8 Å². The van der Waals surface area contributed by atoms with E-state index in [1.807, 2.05) is 16.3 Å². The summed E-state index contributed by atoms with van der Waals surface area (Å²) in [5, 5.41) is 2.05. The first-order valence-corrected chi connectivity index (χ1v) is 6.33. The van der Waals surface area contributed by atoms with Crippen molar-refractivity contribution in [2.24, 2.45) is 5.92 Å². The lowest BCUT2D eigenvalue weighted by Gasteiger charge is -2.14. The average Bonchev–Trinajstić information content (AvgIpc) is 2.62. The summed E-state index contributed by atoms with van der Waals surface area (Å²) in [6.45, 7) is 3.80. The molecule has 0 aromatic carbocycles. The van der Waals surface area contributed by atoms with Crippen LogP contribution in [0.5, 0.6) is 0 Å². The monoisotopic (exact) mass is 273 g/mol. The molecule has 76 valence electrons. The lowest BCUT2D eigenvalue weighted by molar-refractivity contribution is -0.128. The Kier molecular flexibility index (Phi) is 2.93. The molecular weight excluding hydrogens is 262 g/mol. The molecule has 0 aliphatic carbocycles. The largest absolute Gasteiger partial charge is 0.337 e. The van der Waals surface area contributed by atoms with Crippen LogP contribution in [0.1, 0.15) is 18.2 Å². The minimum absolute atomic E-state index is 0.290. The van der Waals surface area contributed by atoms with Crippen molar-refractivity contribution in [1.82, 2.24) is 4.90 Å². The van der Waals surface area contributed by atoms with Gasteiger partial charge in [0.15, 0.2) is 0 Å². The molecular formula is C10H12BrNOS. The molecule has 0 spiro atoms. The van der Waals surface area contributed by atoms with Gasteiger partial charge in [0.25, 0.3) is 0 Å². The first-order valence-electron chi connectivity index (χ1n) is 4.66. The second-order valence-electron chi connectivity index (χ2n) is 3.78. The van der Waals surface area contributed by atoms with Crippen molar-refractivity contribution in [1.29, 1.82) is 0 Å². The zero-order valence-electron chi connectivity index (χ0n) is 8.00. The molecule has 0 N–H and O–H groups in total. The summed E-state index contributed by atoms with van der Waals surface area (Å²) >= 11 is 5.18. The maximum atomic E-state index is 11.5. The predicted octanol–water partition coefficient (Wildman–Crippen LogP) is 2.88. The Hall–Kier alpha value is -0.350. The fraction of sp³-hybridized carbons (Fsp3) is 0.500. The van der Waals surface area contributed by atoms with E-state index < -0.39 is 0 Å². The summed E-state index contributed by atoms with van der Waals surface area (Å²) in [4.78, 5) is 14.7. The molecule has 14 heavy (non-hydrogen) atoms. The number of carbonyl (C=O) groups is 1. The molecule has 1 unspecified atom stereocenters. The van der Waals surface area contributed by atoms with Crippen LogP contribution in [0.4, 0.5) is 0 Å². The summed E-state index contributed by atoms with van der Waals surface area (Å²) in [7, 11) is 0. The van der Waals surface area contributed by atoms with Crippen LogP contribution in [0.25, 0.3) is 0 Å². The standard InChI is InChI=1S/C10H12BrNOS/c1-7-4-10(13)12(5-7)6-9-8(11)2-3-14-9/h2-3,7H,4-6H2,1H3. The number of nitrogens with zero attached hydrogens (tertiary/aromatic N) is 1. The van der Waals surface area contributed by atoms with E-state index in [0.29, 0.717) is 12.3 Å². The van der Waals surface area contributed by atoms with Gasteiger partial charge in [0, 0.05) is 22.3 Å². The van der Waals surface area contributed by atoms with Crippen LogP contribution < -0.4 is 0 Å². The quantitative estimate of drug-likeness (QED) is 0.812. The van der Waals surface area contributed by atoms with Gasteiger partial charge in [-0.25, -0.2) is 0 Å². The van der Waals surface area contributed by atoms with Crippen molar-refractivity contribution < 1.29 is 4.79 Å². The van der Waals surface area contributed by atoms with Crippen molar-refractivity contribution in [3.8, 4) is 0 Å². The van der Waals surface area contributed by atoms with Gasteiger partial charge in [-0.2, -0.15) is 0 Å². The molecule has 1 saturated heterocycles. The van der Waals surface area contributed by atoms with Gasteiger partial charge in [0.2, 0.25) is 5.91 Å². The molecule has 1 aliphatic heterocycles. The highest BCUT2D eigenvalue weighted by Gasteiger charge is 2.26. The van der Waals surface area contributed by atoms with Gasteiger partial charge in [0.1, 0.15) is 0 Å². The number of thiophene rings is 1. The molecule has 2 heterocycles. The summed E-state index contributed by atoms with van der Waals surface area (Å²) < 4.78 is 1.12. The SMILES string of the molecule is CC1CC(=O)N(Cc2sccc2Br)C1. The van der Waals surface area contributed by atoms with Crippen molar-refractivity contribution in [2.45, 2.75) is 19.9 Å². The Morgan fingerprint density at radius 1 is 1.71 bits per heavy atom. The second kappa shape index (κ2) is 4.03. The Bertz CT molecular complexity index is 350. The normalized spacial score (nSPS) is 22.0. The summed E-state index contributed by atoms with van der Waals surface area (Å²) in [5.41, 5.74) is 0. The van der Waals surface area contributed by atoms with E-state index in [1.165, 1.54) is 4.88 Å².